The summed E-state index contributed by atoms with van der Waals surface area (Å²) in [6.45, 7) is 0. The molecule has 15 rings (SSSR count). The summed E-state index contributed by atoms with van der Waals surface area (Å²) in [5.41, 5.74) is 14.7. The van der Waals surface area contributed by atoms with Crippen molar-refractivity contribution in [3.63, 3.8) is 0 Å². The summed E-state index contributed by atoms with van der Waals surface area (Å²) in [5, 5.41) is 14.2. The Morgan fingerprint density at radius 2 is 0.569 bits per heavy atom. The summed E-state index contributed by atoms with van der Waals surface area (Å²) >= 11 is 0. The molecular weight excluding hydrogens is 873 g/mol. The van der Waals surface area contributed by atoms with Crippen LogP contribution in [0.2, 0.25) is 0 Å². The van der Waals surface area contributed by atoms with E-state index in [1.807, 2.05) is 0 Å². The van der Waals surface area contributed by atoms with Gasteiger partial charge in [-0.15, -0.1) is 0 Å². The van der Waals surface area contributed by atoms with Gasteiger partial charge in [0.15, 0.2) is 0 Å². The minimum absolute atomic E-state index is 0.923. The average molecular weight is 915 g/mol. The molecule has 0 fully saturated rings. The number of para-hydroxylation sites is 2. The molecule has 0 unspecified atom stereocenters. The van der Waals surface area contributed by atoms with Crippen LogP contribution < -0.4 is 0 Å². The Morgan fingerprint density at radius 1 is 0.236 bits per heavy atom. The van der Waals surface area contributed by atoms with Gasteiger partial charge in [0.05, 0.1) is 56.2 Å². The van der Waals surface area contributed by atoms with Crippen LogP contribution >= 0.6 is 0 Å². The highest BCUT2D eigenvalue weighted by Crippen LogP contribution is 2.45. The third kappa shape index (κ3) is 6.19. The molecule has 0 aliphatic heterocycles. The summed E-state index contributed by atoms with van der Waals surface area (Å²) in [6.07, 6.45) is 0. The number of hydrogen-bond acceptors (Lipinski definition) is 2. The zero-order valence-electron chi connectivity index (χ0n) is 39.0. The van der Waals surface area contributed by atoms with Crippen molar-refractivity contribution in [1.82, 2.24) is 19.1 Å². The van der Waals surface area contributed by atoms with Crippen LogP contribution in [0.3, 0.4) is 0 Å². The molecule has 0 N–H and O–H groups in total. The first-order valence-corrected chi connectivity index (χ1v) is 24.6. The van der Waals surface area contributed by atoms with E-state index < -0.39 is 0 Å². The second-order valence-electron chi connectivity index (χ2n) is 18.9. The molecule has 0 spiro atoms. The third-order valence-electron chi connectivity index (χ3n) is 14.9. The van der Waals surface area contributed by atoms with Gasteiger partial charge in [0.1, 0.15) is 0 Å². The Balaban J connectivity index is 1.05. The van der Waals surface area contributed by atoms with E-state index in [0.29, 0.717) is 0 Å². The van der Waals surface area contributed by atoms with Crippen LogP contribution in [0.4, 0.5) is 0 Å². The van der Waals surface area contributed by atoms with E-state index in [1.165, 1.54) is 64.6 Å². The highest BCUT2D eigenvalue weighted by Gasteiger charge is 2.24. The van der Waals surface area contributed by atoms with Crippen molar-refractivity contribution in [2.75, 3.05) is 0 Å². The van der Waals surface area contributed by atoms with Crippen LogP contribution in [0.15, 0.2) is 255 Å². The van der Waals surface area contributed by atoms with Crippen LogP contribution in [0.1, 0.15) is 0 Å². The molecule has 4 heterocycles. The lowest BCUT2D eigenvalue weighted by Crippen LogP contribution is -2.00. The van der Waals surface area contributed by atoms with Gasteiger partial charge in [0.2, 0.25) is 0 Å². The van der Waals surface area contributed by atoms with Gasteiger partial charge in [-0.2, -0.15) is 0 Å². The second-order valence-corrected chi connectivity index (χ2v) is 18.9. The van der Waals surface area contributed by atoms with Gasteiger partial charge in [-0.05, 0) is 85.6 Å². The van der Waals surface area contributed by atoms with Gasteiger partial charge >= 0.3 is 0 Å². The molecule has 72 heavy (non-hydrogen) atoms. The van der Waals surface area contributed by atoms with Crippen LogP contribution in [0, 0.1) is 0 Å². The lowest BCUT2D eigenvalue weighted by atomic mass is 9.98. The molecule has 0 aliphatic rings. The molecule has 0 amide bonds. The minimum Gasteiger partial charge on any atom is -0.309 e. The fraction of sp³-hybridized carbons (Fsp3) is 0. The van der Waals surface area contributed by atoms with Crippen LogP contribution in [-0.2, 0) is 0 Å². The number of fused-ring (bicyclic) bond motifs is 11. The van der Waals surface area contributed by atoms with Crippen LogP contribution in [0.5, 0.6) is 0 Å². The second kappa shape index (κ2) is 16.0. The van der Waals surface area contributed by atoms with Crippen molar-refractivity contribution in [3.05, 3.63) is 255 Å². The third-order valence-corrected chi connectivity index (χ3v) is 14.9. The van der Waals surface area contributed by atoms with Crippen molar-refractivity contribution < 1.29 is 0 Å². The number of nitrogens with zero attached hydrogens (tertiary/aromatic N) is 4. The molecule has 4 aromatic heterocycles. The van der Waals surface area contributed by atoms with E-state index in [0.717, 1.165) is 78.5 Å². The number of pyridine rings is 2. The first-order valence-electron chi connectivity index (χ1n) is 24.6. The maximum Gasteiger partial charge on any atom is 0.0736 e. The first kappa shape index (κ1) is 40.3. The minimum atomic E-state index is 0.923. The number of hydrogen-bond donors (Lipinski definition) is 0. The molecule has 334 valence electrons. The quantitative estimate of drug-likeness (QED) is 0.167. The molecule has 11 aromatic carbocycles. The topological polar surface area (TPSA) is 35.6 Å². The van der Waals surface area contributed by atoms with Crippen molar-refractivity contribution in [1.29, 1.82) is 0 Å². The molecule has 0 aliphatic carbocycles. The average Bonchev–Trinajstić information content (AvgIpc) is 3.97. The molecule has 0 saturated heterocycles. The van der Waals surface area contributed by atoms with Gasteiger partial charge in [0.25, 0.3) is 0 Å². The lowest BCUT2D eigenvalue weighted by Gasteiger charge is -2.16. The zero-order valence-corrected chi connectivity index (χ0v) is 39.0. The van der Waals surface area contributed by atoms with E-state index in [4.69, 9.17) is 9.97 Å². The Morgan fingerprint density at radius 3 is 1.00 bits per heavy atom. The molecule has 0 radical (unpaired) electrons. The Kier molecular flexibility index (Phi) is 8.92. The number of rotatable bonds is 6. The molecule has 0 atom stereocenters. The van der Waals surface area contributed by atoms with Crippen LogP contribution in [0.25, 0.3) is 143 Å². The van der Waals surface area contributed by atoms with Gasteiger partial charge in [-0.1, -0.05) is 212 Å². The summed E-state index contributed by atoms with van der Waals surface area (Å²) in [4.78, 5) is 11.1. The Labute approximate surface area is 415 Å². The fourth-order valence-corrected chi connectivity index (χ4v) is 11.7. The maximum atomic E-state index is 5.58. The van der Waals surface area contributed by atoms with Crippen molar-refractivity contribution in [3.8, 4) is 56.4 Å². The smallest absolute Gasteiger partial charge is 0.0736 e. The summed E-state index contributed by atoms with van der Waals surface area (Å²) in [7, 11) is 0. The Hall–Kier alpha value is -9.64. The summed E-state index contributed by atoms with van der Waals surface area (Å²) in [5.74, 6) is 0. The van der Waals surface area contributed by atoms with E-state index in [9.17, 15) is 0 Å². The zero-order chi connectivity index (χ0) is 47.3. The highest BCUT2D eigenvalue weighted by molar-refractivity contribution is 6.26. The number of benzene rings is 11. The first-order chi connectivity index (χ1) is 35.7. The molecule has 0 bridgehead atoms. The standard InChI is InChI=1S/C68H42N4/c1-5-25-49-43(17-1)21-13-31-53(49)60-39-47(40-61(69-60)54-32-14-22-44-18-2-6-26-50(44)54)71-65-36-12-10-30-59(65)67-66(71)38-37-58-57-29-9-11-35-64(57)72(68(58)67)48-41-62(55-33-15-23-45-19-3-7-27-51(45)55)70-63(42-48)56-34-16-24-46-20-4-8-28-52(46)56/h1-42H. The van der Waals surface area contributed by atoms with Crippen molar-refractivity contribution >= 4 is 86.7 Å². The SMILES string of the molecule is c1ccc2c(-c3cc(-n4c5ccccc5c5c4ccc4c6ccccc6n(-c6cc(-c7cccc8ccccc78)nc(-c7cccc8ccccc78)c6)c45)cc(-c4cccc5ccccc45)n3)cccc2c1. The normalized spacial score (nSPS) is 11.9. The van der Waals surface area contributed by atoms with Gasteiger partial charge in [0, 0.05) is 43.8 Å². The largest absolute Gasteiger partial charge is 0.309 e. The fourth-order valence-electron chi connectivity index (χ4n) is 11.7. The van der Waals surface area contributed by atoms with E-state index in [1.54, 1.807) is 0 Å². The van der Waals surface area contributed by atoms with Crippen LogP contribution in [-0.4, -0.2) is 19.1 Å². The summed E-state index contributed by atoms with van der Waals surface area (Å²) < 4.78 is 4.97. The van der Waals surface area contributed by atoms with Crippen molar-refractivity contribution in [2.24, 2.45) is 0 Å². The predicted octanol–water partition coefficient (Wildman–Crippen LogP) is 18.0. The Bertz CT molecular complexity index is 4490. The molecular formula is C68H42N4. The van der Waals surface area contributed by atoms with Gasteiger partial charge in [-0.3, -0.25) is 0 Å². The van der Waals surface area contributed by atoms with Crippen molar-refractivity contribution in [2.45, 2.75) is 0 Å². The lowest BCUT2D eigenvalue weighted by molar-refractivity contribution is 1.15. The van der Waals surface area contributed by atoms with Gasteiger partial charge < -0.3 is 9.13 Å². The van der Waals surface area contributed by atoms with E-state index in [-0.39, 0.29) is 0 Å². The summed E-state index contributed by atoms with van der Waals surface area (Å²) in [6, 6.07) is 92.3. The molecule has 0 saturated carbocycles. The molecule has 4 heteroatoms. The van der Waals surface area contributed by atoms with E-state index in [2.05, 4.69) is 264 Å². The highest BCUT2D eigenvalue weighted by atomic mass is 15.0. The van der Waals surface area contributed by atoms with Gasteiger partial charge in [-0.25, -0.2) is 9.97 Å². The van der Waals surface area contributed by atoms with E-state index >= 15 is 0 Å². The monoisotopic (exact) mass is 914 g/mol. The predicted molar refractivity (Wildman–Crippen MR) is 302 cm³/mol. The maximum absolute atomic E-state index is 5.58. The molecule has 15 aromatic rings. The number of aromatic nitrogens is 4. The molecule has 4 nitrogen and oxygen atoms in total.